The molecule has 0 radical (unpaired) electrons. The highest BCUT2D eigenvalue weighted by molar-refractivity contribution is 5.95. The van der Waals surface area contributed by atoms with Crippen LogP contribution in [-0.4, -0.2) is 50.6 Å². The van der Waals surface area contributed by atoms with Crippen LogP contribution in [0.15, 0.2) is 60.7 Å². The smallest absolute Gasteiger partial charge is 0.416 e. The van der Waals surface area contributed by atoms with Crippen molar-refractivity contribution in [2.45, 2.75) is 30.9 Å². The second-order valence-electron chi connectivity index (χ2n) is 10.3. The molecule has 0 aromatic heterocycles. The zero-order valence-electron chi connectivity index (χ0n) is 21.7. The molecule has 9 heteroatoms. The lowest BCUT2D eigenvalue weighted by atomic mass is 9.86. The summed E-state index contributed by atoms with van der Waals surface area (Å²) in [6, 6.07) is 15.5. The third-order valence-corrected chi connectivity index (χ3v) is 7.22. The maximum absolute atomic E-state index is 13.8. The zero-order chi connectivity index (χ0) is 27.8. The Bertz CT molecular complexity index is 1400. The summed E-state index contributed by atoms with van der Waals surface area (Å²) < 4.78 is 52.2. The largest absolute Gasteiger partial charge is 0.454 e. The molecule has 6 nitrogen and oxygen atoms in total. The number of hydrogen-bond donors (Lipinski definition) is 1. The van der Waals surface area contributed by atoms with Crippen LogP contribution >= 0.6 is 0 Å². The van der Waals surface area contributed by atoms with Crippen LogP contribution in [0.1, 0.15) is 39.9 Å². The molecule has 204 valence electrons. The quantitative estimate of drug-likeness (QED) is 0.404. The standard InChI is InChI=1S/C30H29F3N2O4/c1-35(2)12-11-34-28(37)21-5-3-20(4-6-21)22-13-19(14-24(16-22)30(31,32)33)15-27(36)29(9-10-29)23-7-8-25-26(17-23)39-18-38-25/h3-8,13-14,16-17H,9-12,15,18H2,1-2H3,(H,34,37). The Morgan fingerprint density at radius 1 is 0.923 bits per heavy atom. The maximum atomic E-state index is 13.8. The molecule has 5 rings (SSSR count). The molecule has 0 spiro atoms. The SMILES string of the molecule is CN(C)CCNC(=O)c1ccc(-c2cc(CC(=O)C3(c4ccc5c(c4)OCO5)CC3)cc(C(F)(F)F)c2)cc1. The van der Waals surface area contributed by atoms with Gasteiger partial charge in [0.1, 0.15) is 5.78 Å². The summed E-state index contributed by atoms with van der Waals surface area (Å²) in [7, 11) is 3.80. The molecule has 1 N–H and O–H groups in total. The second-order valence-corrected chi connectivity index (χ2v) is 10.3. The van der Waals surface area contributed by atoms with E-state index in [1.807, 2.05) is 25.1 Å². The van der Waals surface area contributed by atoms with Crippen LogP contribution in [0.5, 0.6) is 11.5 Å². The van der Waals surface area contributed by atoms with Crippen LogP contribution in [0.3, 0.4) is 0 Å². The lowest BCUT2D eigenvalue weighted by Gasteiger charge is -2.17. The van der Waals surface area contributed by atoms with Gasteiger partial charge < -0.3 is 19.7 Å². The highest BCUT2D eigenvalue weighted by Gasteiger charge is 2.51. The average molecular weight is 539 g/mol. The molecule has 0 atom stereocenters. The normalized spacial score (nSPS) is 15.3. The summed E-state index contributed by atoms with van der Waals surface area (Å²) in [5, 5.41) is 2.81. The highest BCUT2D eigenvalue weighted by Crippen LogP contribution is 2.51. The van der Waals surface area contributed by atoms with E-state index in [0.29, 0.717) is 59.7 Å². The fourth-order valence-corrected chi connectivity index (χ4v) is 4.84. The Hall–Kier alpha value is -3.85. The summed E-state index contributed by atoms with van der Waals surface area (Å²) in [4.78, 5) is 27.8. The van der Waals surface area contributed by atoms with E-state index < -0.39 is 17.2 Å². The van der Waals surface area contributed by atoms with Gasteiger partial charge in [-0.25, -0.2) is 0 Å². The van der Waals surface area contributed by atoms with E-state index in [-0.39, 0.29) is 24.9 Å². The van der Waals surface area contributed by atoms with Gasteiger partial charge in [0, 0.05) is 25.1 Å². The minimum absolute atomic E-state index is 0.120. The predicted molar refractivity (Wildman–Crippen MR) is 140 cm³/mol. The van der Waals surface area contributed by atoms with Crippen molar-refractivity contribution in [1.29, 1.82) is 0 Å². The molecule has 0 unspecified atom stereocenters. The molecule has 1 aliphatic heterocycles. The number of Topliss-reactive ketones (excluding diaryl/α,β-unsaturated/α-hetero) is 1. The first-order valence-corrected chi connectivity index (χ1v) is 12.7. The fraction of sp³-hybridized carbons (Fsp3) is 0.333. The molecule has 1 saturated carbocycles. The summed E-state index contributed by atoms with van der Waals surface area (Å²) in [5.74, 6) is 0.803. The maximum Gasteiger partial charge on any atom is 0.416 e. The predicted octanol–water partition coefficient (Wildman–Crippen LogP) is 5.24. The number of carbonyl (C=O) groups is 2. The van der Waals surface area contributed by atoms with Gasteiger partial charge in [-0.2, -0.15) is 13.2 Å². The third-order valence-electron chi connectivity index (χ3n) is 7.22. The Morgan fingerprint density at radius 3 is 2.31 bits per heavy atom. The van der Waals surface area contributed by atoms with E-state index >= 15 is 0 Å². The van der Waals surface area contributed by atoms with E-state index in [0.717, 1.165) is 17.7 Å². The lowest BCUT2D eigenvalue weighted by Crippen LogP contribution is -2.31. The van der Waals surface area contributed by atoms with Gasteiger partial charge in [0.2, 0.25) is 6.79 Å². The van der Waals surface area contributed by atoms with Gasteiger partial charge in [-0.05, 0) is 85.6 Å². The summed E-state index contributed by atoms with van der Waals surface area (Å²) in [5.41, 5.74) is 0.819. The van der Waals surface area contributed by atoms with Gasteiger partial charge >= 0.3 is 6.18 Å². The van der Waals surface area contributed by atoms with Crippen LogP contribution in [0.25, 0.3) is 11.1 Å². The van der Waals surface area contributed by atoms with E-state index in [4.69, 9.17) is 9.47 Å². The molecule has 1 aliphatic carbocycles. The first kappa shape index (κ1) is 26.7. The van der Waals surface area contributed by atoms with Crippen molar-refractivity contribution in [2.75, 3.05) is 34.0 Å². The second kappa shape index (κ2) is 10.4. The molecule has 39 heavy (non-hydrogen) atoms. The van der Waals surface area contributed by atoms with Gasteiger partial charge in [-0.3, -0.25) is 9.59 Å². The number of fused-ring (bicyclic) bond motifs is 1. The van der Waals surface area contributed by atoms with Gasteiger partial charge in [-0.1, -0.05) is 24.3 Å². The number of hydrogen-bond acceptors (Lipinski definition) is 5. The molecule has 0 bridgehead atoms. The van der Waals surface area contributed by atoms with E-state index in [2.05, 4.69) is 5.32 Å². The molecule has 2 aliphatic rings. The topological polar surface area (TPSA) is 67.9 Å². The minimum Gasteiger partial charge on any atom is -0.454 e. The van der Waals surface area contributed by atoms with Crippen molar-refractivity contribution < 1.29 is 32.2 Å². The number of ether oxygens (including phenoxy) is 2. The molecule has 1 fully saturated rings. The van der Waals surface area contributed by atoms with E-state index in [9.17, 15) is 22.8 Å². The fourth-order valence-electron chi connectivity index (χ4n) is 4.84. The van der Waals surface area contributed by atoms with E-state index in [1.165, 1.54) is 0 Å². The Labute approximate surface area is 224 Å². The minimum atomic E-state index is -4.57. The third kappa shape index (κ3) is 5.78. The first-order chi connectivity index (χ1) is 18.5. The van der Waals surface area contributed by atoms with Crippen molar-refractivity contribution in [1.82, 2.24) is 10.2 Å². The molecule has 1 heterocycles. The van der Waals surface area contributed by atoms with Gasteiger partial charge in [0.25, 0.3) is 5.91 Å². The number of benzene rings is 3. The Morgan fingerprint density at radius 2 is 1.64 bits per heavy atom. The van der Waals surface area contributed by atoms with Gasteiger partial charge in [-0.15, -0.1) is 0 Å². The molecular weight excluding hydrogens is 509 g/mol. The number of ketones is 1. The number of nitrogens with zero attached hydrogens (tertiary/aromatic N) is 1. The summed E-state index contributed by atoms with van der Waals surface area (Å²) in [6.45, 7) is 1.28. The van der Waals surface area contributed by atoms with Gasteiger partial charge in [0.05, 0.1) is 11.0 Å². The van der Waals surface area contributed by atoms with Crippen LogP contribution in [0.2, 0.25) is 0 Å². The Kier molecular flexibility index (Phi) is 7.11. The van der Waals surface area contributed by atoms with Crippen molar-refractivity contribution in [3.05, 3.63) is 82.9 Å². The van der Waals surface area contributed by atoms with Crippen LogP contribution in [-0.2, 0) is 22.8 Å². The Balaban J connectivity index is 1.37. The molecule has 3 aromatic carbocycles. The van der Waals surface area contributed by atoms with Crippen molar-refractivity contribution >= 4 is 11.7 Å². The lowest BCUT2D eigenvalue weighted by molar-refractivity contribution is -0.137. The van der Waals surface area contributed by atoms with Crippen LogP contribution in [0.4, 0.5) is 13.2 Å². The molecular formula is C30H29F3N2O4. The highest BCUT2D eigenvalue weighted by atomic mass is 19.4. The van der Waals surface area contributed by atoms with E-state index in [1.54, 1.807) is 42.5 Å². The summed E-state index contributed by atoms with van der Waals surface area (Å²) >= 11 is 0. The number of rotatable bonds is 9. The molecule has 0 saturated heterocycles. The number of amides is 1. The zero-order valence-corrected chi connectivity index (χ0v) is 21.7. The van der Waals surface area contributed by atoms with Crippen molar-refractivity contribution in [2.24, 2.45) is 0 Å². The molecule has 1 amide bonds. The average Bonchev–Trinajstić information content (AvgIpc) is 3.58. The first-order valence-electron chi connectivity index (χ1n) is 12.7. The number of carbonyl (C=O) groups excluding carboxylic acids is 2. The molecule has 3 aromatic rings. The summed E-state index contributed by atoms with van der Waals surface area (Å²) in [6.07, 6.45) is -3.43. The van der Waals surface area contributed by atoms with Crippen LogP contribution in [0, 0.1) is 0 Å². The number of alkyl halides is 3. The number of likely N-dealkylation sites (N-methyl/N-ethyl adjacent to an activating group) is 1. The van der Waals surface area contributed by atoms with Gasteiger partial charge in [0.15, 0.2) is 11.5 Å². The number of nitrogens with one attached hydrogen (secondary N) is 1. The van der Waals surface area contributed by atoms with Crippen molar-refractivity contribution in [3.8, 4) is 22.6 Å². The van der Waals surface area contributed by atoms with Crippen molar-refractivity contribution in [3.63, 3.8) is 0 Å². The number of halogens is 3. The van der Waals surface area contributed by atoms with Crippen LogP contribution < -0.4 is 14.8 Å². The monoisotopic (exact) mass is 538 g/mol.